The van der Waals surface area contributed by atoms with E-state index in [9.17, 15) is 24.1 Å². The zero-order valence-corrected chi connectivity index (χ0v) is 9.92. The number of nitro groups is 1. The minimum Gasteiger partial charge on any atom is -0.318 e. The second kappa shape index (κ2) is 5.31. The van der Waals surface area contributed by atoms with Gasteiger partial charge in [-0.25, -0.2) is 4.39 Å². The number of amides is 1. The van der Waals surface area contributed by atoms with Crippen molar-refractivity contribution >= 4 is 17.3 Å². The average Bonchev–Trinajstić information content (AvgIpc) is 2.40. The number of halogens is 1. The Bertz CT molecular complexity index is 741. The lowest BCUT2D eigenvalue weighted by molar-refractivity contribution is -0.384. The fourth-order valence-electron chi connectivity index (χ4n) is 1.55. The van der Waals surface area contributed by atoms with Crippen LogP contribution in [0.5, 0.6) is 0 Å². The van der Waals surface area contributed by atoms with Crippen LogP contribution in [-0.4, -0.2) is 15.8 Å². The first kappa shape index (κ1) is 13.4. The Labute approximate surface area is 111 Å². The normalized spacial score (nSPS) is 10.1. The number of aromatic nitrogens is 1. The van der Waals surface area contributed by atoms with Crippen molar-refractivity contribution in [3.63, 3.8) is 0 Å². The number of para-hydroxylation sites is 1. The van der Waals surface area contributed by atoms with Crippen LogP contribution in [0.4, 0.5) is 15.8 Å². The van der Waals surface area contributed by atoms with Crippen LogP contribution >= 0.6 is 0 Å². The molecule has 0 aliphatic heterocycles. The van der Waals surface area contributed by atoms with Gasteiger partial charge < -0.3 is 10.3 Å². The average molecular weight is 277 g/mol. The summed E-state index contributed by atoms with van der Waals surface area (Å²) in [5.41, 5.74) is -1.76. The number of pyridine rings is 1. The number of nitrogens with one attached hydrogen (secondary N) is 2. The van der Waals surface area contributed by atoms with E-state index in [-0.39, 0.29) is 5.69 Å². The summed E-state index contributed by atoms with van der Waals surface area (Å²) in [6.45, 7) is 0. The number of rotatable bonds is 3. The predicted molar refractivity (Wildman–Crippen MR) is 68.1 cm³/mol. The number of carbonyl (C=O) groups is 1. The molecule has 20 heavy (non-hydrogen) atoms. The van der Waals surface area contributed by atoms with E-state index >= 15 is 0 Å². The van der Waals surface area contributed by atoms with Crippen molar-refractivity contribution in [3.8, 4) is 0 Å². The first-order valence-electron chi connectivity index (χ1n) is 5.42. The first-order chi connectivity index (χ1) is 9.49. The van der Waals surface area contributed by atoms with E-state index in [4.69, 9.17) is 0 Å². The Morgan fingerprint density at radius 3 is 2.60 bits per heavy atom. The number of anilines is 1. The van der Waals surface area contributed by atoms with E-state index in [0.29, 0.717) is 0 Å². The summed E-state index contributed by atoms with van der Waals surface area (Å²) in [5.74, 6) is -1.79. The highest BCUT2D eigenvalue weighted by Gasteiger charge is 2.20. The molecule has 102 valence electrons. The van der Waals surface area contributed by atoms with Crippen LogP contribution in [-0.2, 0) is 0 Å². The molecule has 2 rings (SSSR count). The van der Waals surface area contributed by atoms with Crippen LogP contribution < -0.4 is 10.9 Å². The van der Waals surface area contributed by atoms with Gasteiger partial charge in [-0.2, -0.15) is 0 Å². The lowest BCUT2D eigenvalue weighted by atomic mass is 10.2. The van der Waals surface area contributed by atoms with Crippen molar-refractivity contribution in [1.29, 1.82) is 0 Å². The minimum atomic E-state index is -0.939. The molecular formula is C12H8FN3O4. The zero-order chi connectivity index (χ0) is 14.7. The molecule has 2 aromatic rings. The highest BCUT2D eigenvalue weighted by Crippen LogP contribution is 2.27. The van der Waals surface area contributed by atoms with Gasteiger partial charge in [0.15, 0.2) is 11.5 Å². The van der Waals surface area contributed by atoms with Crippen LogP contribution in [0.3, 0.4) is 0 Å². The third kappa shape index (κ3) is 2.69. The SMILES string of the molecule is O=C(Nc1c(F)cccc1[N+](=O)[O-])c1cccc(=O)[nH]1. The zero-order valence-electron chi connectivity index (χ0n) is 9.92. The van der Waals surface area contributed by atoms with Crippen LogP contribution in [0.15, 0.2) is 41.2 Å². The molecule has 0 spiro atoms. The molecule has 1 heterocycles. The lowest BCUT2D eigenvalue weighted by Gasteiger charge is -2.06. The van der Waals surface area contributed by atoms with Crippen molar-refractivity contribution in [1.82, 2.24) is 4.98 Å². The molecule has 1 aromatic carbocycles. The Morgan fingerprint density at radius 2 is 1.95 bits per heavy atom. The van der Waals surface area contributed by atoms with Gasteiger partial charge in [-0.15, -0.1) is 0 Å². The number of hydrogen-bond donors (Lipinski definition) is 2. The third-order valence-electron chi connectivity index (χ3n) is 2.44. The second-order valence-electron chi connectivity index (χ2n) is 3.77. The third-order valence-corrected chi connectivity index (χ3v) is 2.44. The molecule has 0 aliphatic rings. The van der Waals surface area contributed by atoms with E-state index in [1.165, 1.54) is 18.2 Å². The number of aromatic amines is 1. The van der Waals surface area contributed by atoms with Gasteiger partial charge in [0.05, 0.1) is 4.92 Å². The molecular weight excluding hydrogens is 269 g/mol. The predicted octanol–water partition coefficient (Wildman–Crippen LogP) is 1.67. The van der Waals surface area contributed by atoms with Crippen LogP contribution in [0.2, 0.25) is 0 Å². The Hall–Kier alpha value is -3.03. The number of nitrogens with zero attached hydrogens (tertiary/aromatic N) is 1. The monoisotopic (exact) mass is 277 g/mol. The highest BCUT2D eigenvalue weighted by atomic mass is 19.1. The number of H-pyrrole nitrogens is 1. The number of hydrogen-bond acceptors (Lipinski definition) is 4. The van der Waals surface area contributed by atoms with Gasteiger partial charge in [-0.1, -0.05) is 12.1 Å². The van der Waals surface area contributed by atoms with Gasteiger partial charge in [0.25, 0.3) is 11.6 Å². The maximum absolute atomic E-state index is 13.6. The van der Waals surface area contributed by atoms with Crippen LogP contribution in [0.25, 0.3) is 0 Å². The molecule has 1 amide bonds. The summed E-state index contributed by atoms with van der Waals surface area (Å²) < 4.78 is 13.6. The highest BCUT2D eigenvalue weighted by molar-refractivity contribution is 6.04. The molecule has 0 fully saturated rings. The first-order valence-corrected chi connectivity index (χ1v) is 5.42. The van der Waals surface area contributed by atoms with Gasteiger partial charge in [0.2, 0.25) is 5.56 Å². The van der Waals surface area contributed by atoms with E-state index in [2.05, 4.69) is 10.3 Å². The van der Waals surface area contributed by atoms with Crippen LogP contribution in [0.1, 0.15) is 10.5 Å². The van der Waals surface area contributed by atoms with Gasteiger partial charge in [0, 0.05) is 12.1 Å². The van der Waals surface area contributed by atoms with Crippen molar-refractivity contribution in [2.24, 2.45) is 0 Å². The van der Waals surface area contributed by atoms with Gasteiger partial charge >= 0.3 is 0 Å². The molecule has 1 aromatic heterocycles. The van der Waals surface area contributed by atoms with E-state index in [1.54, 1.807) is 0 Å². The Kier molecular flexibility index (Phi) is 3.56. The summed E-state index contributed by atoms with van der Waals surface area (Å²) in [6, 6.07) is 7.03. The number of nitro benzene ring substituents is 1. The van der Waals surface area contributed by atoms with E-state index in [1.807, 2.05) is 0 Å². The van der Waals surface area contributed by atoms with Gasteiger partial charge in [-0.3, -0.25) is 19.7 Å². The van der Waals surface area contributed by atoms with Crippen LogP contribution in [0, 0.1) is 15.9 Å². The molecule has 0 saturated heterocycles. The summed E-state index contributed by atoms with van der Waals surface area (Å²) in [6.07, 6.45) is 0. The molecule has 0 unspecified atom stereocenters. The summed E-state index contributed by atoms with van der Waals surface area (Å²) in [5, 5.41) is 12.9. The molecule has 8 heteroatoms. The quantitative estimate of drug-likeness (QED) is 0.657. The van der Waals surface area contributed by atoms with Crippen molar-refractivity contribution < 1.29 is 14.1 Å². The molecule has 0 atom stereocenters. The summed E-state index contributed by atoms with van der Waals surface area (Å²) in [7, 11) is 0. The van der Waals surface area contributed by atoms with Crippen molar-refractivity contribution in [2.75, 3.05) is 5.32 Å². The van der Waals surface area contributed by atoms with E-state index in [0.717, 1.165) is 18.2 Å². The summed E-state index contributed by atoms with van der Waals surface area (Å²) >= 11 is 0. The lowest BCUT2D eigenvalue weighted by Crippen LogP contribution is -2.19. The van der Waals surface area contributed by atoms with Gasteiger partial charge in [0.1, 0.15) is 5.69 Å². The fraction of sp³-hybridized carbons (Fsp3) is 0. The molecule has 0 radical (unpaired) electrons. The minimum absolute atomic E-state index is 0.130. The Balaban J connectivity index is 2.37. The standard InChI is InChI=1S/C12H8FN3O4/c13-7-3-1-5-9(16(19)20)11(7)15-12(18)8-4-2-6-10(17)14-8/h1-6H,(H,14,17)(H,15,18). The van der Waals surface area contributed by atoms with Gasteiger partial charge in [-0.05, 0) is 12.1 Å². The van der Waals surface area contributed by atoms with Crippen molar-refractivity contribution in [2.45, 2.75) is 0 Å². The molecule has 7 nitrogen and oxygen atoms in total. The topological polar surface area (TPSA) is 105 Å². The number of carbonyl (C=O) groups excluding carboxylic acids is 1. The smallest absolute Gasteiger partial charge is 0.295 e. The largest absolute Gasteiger partial charge is 0.318 e. The number of benzene rings is 1. The van der Waals surface area contributed by atoms with Crippen molar-refractivity contribution in [3.05, 3.63) is 68.4 Å². The molecule has 2 N–H and O–H groups in total. The molecule has 0 aliphatic carbocycles. The molecule has 0 saturated carbocycles. The van der Waals surface area contributed by atoms with E-state index < -0.39 is 33.6 Å². The fourth-order valence-corrected chi connectivity index (χ4v) is 1.55. The maximum Gasteiger partial charge on any atom is 0.295 e. The molecule has 0 bridgehead atoms. The maximum atomic E-state index is 13.6. The Morgan fingerprint density at radius 1 is 1.25 bits per heavy atom. The second-order valence-corrected chi connectivity index (χ2v) is 3.77. The summed E-state index contributed by atoms with van der Waals surface area (Å²) in [4.78, 5) is 35.1.